The van der Waals surface area contributed by atoms with Gasteiger partial charge in [0.15, 0.2) is 0 Å². The molecule has 0 saturated carbocycles. The fourth-order valence-corrected chi connectivity index (χ4v) is 4.40. The van der Waals surface area contributed by atoms with Crippen LogP contribution in [0.15, 0.2) is 28.3 Å². The van der Waals surface area contributed by atoms with Crippen LogP contribution < -0.4 is 4.90 Å². The van der Waals surface area contributed by atoms with Gasteiger partial charge in [-0.05, 0) is 45.8 Å². The molecule has 1 unspecified atom stereocenters. The summed E-state index contributed by atoms with van der Waals surface area (Å²) in [5, 5.41) is 2.13. The zero-order chi connectivity index (χ0) is 15.8. The van der Waals surface area contributed by atoms with Crippen LogP contribution in [-0.4, -0.2) is 40.4 Å². The molecule has 1 amide bonds. The lowest BCUT2D eigenvalue weighted by molar-refractivity contribution is -0.135. The summed E-state index contributed by atoms with van der Waals surface area (Å²) in [6.07, 6.45) is 5.37. The molecule has 0 spiro atoms. The highest BCUT2D eigenvalue weighted by molar-refractivity contribution is 9.10. The summed E-state index contributed by atoms with van der Waals surface area (Å²) in [5.74, 6) is 1.05. The molecule has 2 aromatic rings. The van der Waals surface area contributed by atoms with Gasteiger partial charge in [-0.1, -0.05) is 0 Å². The molecule has 1 atom stereocenters. The van der Waals surface area contributed by atoms with Crippen LogP contribution in [-0.2, 0) is 17.8 Å². The van der Waals surface area contributed by atoms with Gasteiger partial charge >= 0.3 is 0 Å². The zero-order valence-electron chi connectivity index (χ0n) is 12.6. The van der Waals surface area contributed by atoms with Crippen molar-refractivity contribution in [2.24, 2.45) is 5.92 Å². The van der Waals surface area contributed by atoms with Crippen LogP contribution in [0, 0.1) is 5.92 Å². The van der Waals surface area contributed by atoms with Crippen molar-refractivity contribution in [3.8, 4) is 0 Å². The summed E-state index contributed by atoms with van der Waals surface area (Å²) in [4.78, 5) is 27.0. The van der Waals surface area contributed by atoms with E-state index in [2.05, 4.69) is 42.2 Å². The van der Waals surface area contributed by atoms with Crippen LogP contribution in [0.5, 0.6) is 0 Å². The molecule has 2 aliphatic heterocycles. The van der Waals surface area contributed by atoms with Gasteiger partial charge in [0.25, 0.3) is 0 Å². The lowest BCUT2D eigenvalue weighted by Gasteiger charge is -2.29. The molecule has 0 aliphatic carbocycles. The predicted molar refractivity (Wildman–Crippen MR) is 93.5 cm³/mol. The van der Waals surface area contributed by atoms with E-state index in [1.165, 1.54) is 10.4 Å². The van der Waals surface area contributed by atoms with Crippen LogP contribution in [0.25, 0.3) is 0 Å². The number of hydrogen-bond acceptors (Lipinski definition) is 5. The Hall–Kier alpha value is -1.47. The topological polar surface area (TPSA) is 49.3 Å². The molecule has 1 fully saturated rings. The highest BCUT2D eigenvalue weighted by Crippen LogP contribution is 2.28. The molecule has 4 heterocycles. The largest absolute Gasteiger partial charge is 0.340 e. The highest BCUT2D eigenvalue weighted by Gasteiger charge is 2.33. The molecule has 7 heteroatoms. The molecule has 0 radical (unpaired) electrons. The van der Waals surface area contributed by atoms with Gasteiger partial charge in [-0.15, -0.1) is 11.3 Å². The van der Waals surface area contributed by atoms with Gasteiger partial charge < -0.3 is 9.80 Å². The number of amides is 1. The van der Waals surface area contributed by atoms with Crippen LogP contribution >= 0.6 is 27.3 Å². The minimum atomic E-state index is 0.0578. The van der Waals surface area contributed by atoms with Gasteiger partial charge in [0.05, 0.1) is 10.4 Å². The van der Waals surface area contributed by atoms with E-state index in [-0.39, 0.29) is 11.8 Å². The molecule has 120 valence electrons. The predicted octanol–water partition coefficient (Wildman–Crippen LogP) is 2.71. The minimum absolute atomic E-state index is 0.0578. The fourth-order valence-electron chi connectivity index (χ4n) is 3.31. The van der Waals surface area contributed by atoms with Crippen molar-refractivity contribution in [2.45, 2.75) is 19.4 Å². The van der Waals surface area contributed by atoms with Crippen molar-refractivity contribution in [3.05, 3.63) is 38.8 Å². The quantitative estimate of drug-likeness (QED) is 0.788. The maximum atomic E-state index is 12.8. The van der Waals surface area contributed by atoms with Gasteiger partial charge in [0.1, 0.15) is 0 Å². The Labute approximate surface area is 147 Å². The molecule has 2 aromatic heterocycles. The molecule has 2 aliphatic rings. The second-order valence-corrected chi connectivity index (χ2v) is 7.93. The number of anilines is 1. The Bertz CT molecular complexity index is 717. The molecule has 0 aromatic carbocycles. The molecule has 4 rings (SSSR count). The van der Waals surface area contributed by atoms with Gasteiger partial charge in [0.2, 0.25) is 11.9 Å². The van der Waals surface area contributed by atoms with Crippen LogP contribution in [0.3, 0.4) is 0 Å². The van der Waals surface area contributed by atoms with Gasteiger partial charge in [0, 0.05) is 43.4 Å². The summed E-state index contributed by atoms with van der Waals surface area (Å²) >= 11 is 5.15. The number of hydrogen-bond donors (Lipinski definition) is 0. The van der Waals surface area contributed by atoms with Crippen molar-refractivity contribution in [1.29, 1.82) is 0 Å². The second kappa shape index (κ2) is 6.20. The van der Waals surface area contributed by atoms with Crippen molar-refractivity contribution < 1.29 is 4.79 Å². The first kappa shape index (κ1) is 15.1. The average Bonchev–Trinajstić information content (AvgIpc) is 3.23. The maximum Gasteiger partial charge on any atom is 0.227 e. The van der Waals surface area contributed by atoms with Crippen molar-refractivity contribution in [2.75, 3.05) is 24.5 Å². The van der Waals surface area contributed by atoms with Crippen molar-refractivity contribution >= 4 is 39.1 Å². The summed E-state index contributed by atoms with van der Waals surface area (Å²) < 4.78 is 0.868. The first-order valence-electron chi connectivity index (χ1n) is 7.77. The van der Waals surface area contributed by atoms with Crippen LogP contribution in [0.4, 0.5) is 5.95 Å². The SMILES string of the molecule is O=C(C1CCN(c2ncc(Br)cn2)C1)N1CCc2sccc2C1. The van der Waals surface area contributed by atoms with E-state index in [1.807, 2.05) is 4.90 Å². The maximum absolute atomic E-state index is 12.8. The van der Waals surface area contributed by atoms with E-state index in [4.69, 9.17) is 0 Å². The summed E-state index contributed by atoms with van der Waals surface area (Å²) in [6, 6.07) is 2.15. The summed E-state index contributed by atoms with van der Waals surface area (Å²) in [6.45, 7) is 3.17. The van der Waals surface area contributed by atoms with Crippen LogP contribution in [0.1, 0.15) is 16.9 Å². The number of rotatable bonds is 2. The van der Waals surface area contributed by atoms with E-state index in [9.17, 15) is 4.79 Å². The summed E-state index contributed by atoms with van der Waals surface area (Å²) in [5.41, 5.74) is 1.32. The number of halogens is 1. The molecule has 0 N–H and O–H groups in total. The van der Waals surface area contributed by atoms with Gasteiger partial charge in [-0.3, -0.25) is 4.79 Å². The summed E-state index contributed by atoms with van der Waals surface area (Å²) in [7, 11) is 0. The van der Waals surface area contributed by atoms with Crippen LogP contribution in [0.2, 0.25) is 0 Å². The standard InChI is InChI=1S/C16H17BrN4OS/c17-13-7-18-16(19-8-13)21-4-1-12(10-21)15(22)20-5-2-14-11(9-20)3-6-23-14/h3,6-8,12H,1-2,4-5,9-10H2. The molecular weight excluding hydrogens is 376 g/mol. The number of aromatic nitrogens is 2. The third-order valence-corrected chi connectivity index (χ3v) is 5.98. The normalized spacial score (nSPS) is 20.7. The molecule has 1 saturated heterocycles. The molecule has 23 heavy (non-hydrogen) atoms. The third kappa shape index (κ3) is 2.99. The number of thiophene rings is 1. The Morgan fingerprint density at radius 2 is 2.13 bits per heavy atom. The first-order valence-corrected chi connectivity index (χ1v) is 9.44. The lowest BCUT2D eigenvalue weighted by Crippen LogP contribution is -2.40. The Morgan fingerprint density at radius 1 is 1.30 bits per heavy atom. The number of carbonyl (C=O) groups is 1. The highest BCUT2D eigenvalue weighted by atomic mass is 79.9. The molecule has 5 nitrogen and oxygen atoms in total. The van der Waals surface area contributed by atoms with Gasteiger partial charge in [-0.25, -0.2) is 9.97 Å². The van der Waals surface area contributed by atoms with E-state index in [0.29, 0.717) is 12.5 Å². The van der Waals surface area contributed by atoms with E-state index >= 15 is 0 Å². The average molecular weight is 393 g/mol. The van der Waals surface area contributed by atoms with E-state index < -0.39 is 0 Å². The zero-order valence-corrected chi connectivity index (χ0v) is 15.0. The van der Waals surface area contributed by atoms with Gasteiger partial charge in [-0.2, -0.15) is 0 Å². The molecular formula is C16H17BrN4OS. The number of nitrogens with zero attached hydrogens (tertiary/aromatic N) is 4. The Balaban J connectivity index is 1.41. The Kier molecular flexibility index (Phi) is 4.07. The smallest absolute Gasteiger partial charge is 0.227 e. The molecule has 0 bridgehead atoms. The van der Waals surface area contributed by atoms with Crippen molar-refractivity contribution in [1.82, 2.24) is 14.9 Å². The monoisotopic (exact) mass is 392 g/mol. The first-order chi connectivity index (χ1) is 11.2. The number of carbonyl (C=O) groups excluding carboxylic acids is 1. The lowest BCUT2D eigenvalue weighted by atomic mass is 10.0. The minimum Gasteiger partial charge on any atom is -0.340 e. The second-order valence-electron chi connectivity index (χ2n) is 6.01. The van der Waals surface area contributed by atoms with E-state index in [1.54, 1.807) is 23.7 Å². The van der Waals surface area contributed by atoms with E-state index in [0.717, 1.165) is 36.9 Å². The fraction of sp³-hybridized carbons (Fsp3) is 0.438. The Morgan fingerprint density at radius 3 is 2.96 bits per heavy atom. The third-order valence-electron chi connectivity index (χ3n) is 4.55. The van der Waals surface area contributed by atoms with Crippen molar-refractivity contribution in [3.63, 3.8) is 0 Å². The number of fused-ring (bicyclic) bond motifs is 1.